The SMILES string of the molecule is Cc1ccc(C(=O)N2CCC(Cc3cccnc3)C2)cc1. The van der Waals surface area contributed by atoms with E-state index in [0.717, 1.165) is 31.5 Å². The van der Waals surface area contributed by atoms with Gasteiger partial charge in [0.1, 0.15) is 0 Å². The third-order valence-electron chi connectivity index (χ3n) is 4.12. The first-order valence-corrected chi connectivity index (χ1v) is 7.47. The van der Waals surface area contributed by atoms with Crippen molar-refractivity contribution in [2.75, 3.05) is 13.1 Å². The van der Waals surface area contributed by atoms with Gasteiger partial charge in [-0.1, -0.05) is 23.8 Å². The predicted molar refractivity (Wildman–Crippen MR) is 83.1 cm³/mol. The van der Waals surface area contributed by atoms with Crippen LogP contribution in [0.15, 0.2) is 48.8 Å². The van der Waals surface area contributed by atoms with Gasteiger partial charge in [0, 0.05) is 31.0 Å². The van der Waals surface area contributed by atoms with Crippen molar-refractivity contribution in [2.24, 2.45) is 5.92 Å². The van der Waals surface area contributed by atoms with Crippen LogP contribution in [0.1, 0.15) is 27.9 Å². The van der Waals surface area contributed by atoms with Crippen molar-refractivity contribution < 1.29 is 4.79 Å². The van der Waals surface area contributed by atoms with Crippen LogP contribution in [0.4, 0.5) is 0 Å². The van der Waals surface area contributed by atoms with Gasteiger partial charge in [-0.05, 0) is 49.4 Å². The molecule has 3 heteroatoms. The van der Waals surface area contributed by atoms with Gasteiger partial charge >= 0.3 is 0 Å². The van der Waals surface area contributed by atoms with E-state index in [4.69, 9.17) is 0 Å². The molecule has 1 aliphatic rings. The molecule has 1 aromatic heterocycles. The van der Waals surface area contributed by atoms with Gasteiger partial charge in [0.15, 0.2) is 0 Å². The number of pyridine rings is 1. The number of nitrogens with zero attached hydrogens (tertiary/aromatic N) is 2. The minimum absolute atomic E-state index is 0.156. The van der Waals surface area contributed by atoms with Gasteiger partial charge in [0.2, 0.25) is 0 Å². The average Bonchev–Trinajstić information content (AvgIpc) is 2.97. The second-order valence-corrected chi connectivity index (χ2v) is 5.84. The summed E-state index contributed by atoms with van der Waals surface area (Å²) >= 11 is 0. The zero-order valence-corrected chi connectivity index (χ0v) is 12.3. The summed E-state index contributed by atoms with van der Waals surface area (Å²) in [5, 5.41) is 0. The molecule has 1 aliphatic heterocycles. The number of amides is 1. The fourth-order valence-electron chi connectivity index (χ4n) is 2.91. The molecular formula is C18H20N2O. The summed E-state index contributed by atoms with van der Waals surface area (Å²) in [6.07, 6.45) is 5.80. The topological polar surface area (TPSA) is 33.2 Å². The van der Waals surface area contributed by atoms with Crippen LogP contribution in [0.2, 0.25) is 0 Å². The molecular weight excluding hydrogens is 260 g/mol. The highest BCUT2D eigenvalue weighted by molar-refractivity contribution is 5.94. The lowest BCUT2D eigenvalue weighted by molar-refractivity contribution is 0.0787. The van der Waals surface area contributed by atoms with Gasteiger partial charge in [-0.15, -0.1) is 0 Å². The molecule has 3 rings (SSSR count). The predicted octanol–water partition coefficient (Wildman–Crippen LogP) is 3.09. The first kappa shape index (κ1) is 13.8. The highest BCUT2D eigenvalue weighted by atomic mass is 16.2. The number of rotatable bonds is 3. The number of hydrogen-bond acceptors (Lipinski definition) is 2. The van der Waals surface area contributed by atoms with Crippen molar-refractivity contribution >= 4 is 5.91 Å². The zero-order valence-electron chi connectivity index (χ0n) is 12.3. The first-order valence-electron chi connectivity index (χ1n) is 7.47. The summed E-state index contributed by atoms with van der Waals surface area (Å²) in [4.78, 5) is 18.6. The smallest absolute Gasteiger partial charge is 0.253 e. The quantitative estimate of drug-likeness (QED) is 0.865. The summed E-state index contributed by atoms with van der Waals surface area (Å²) in [6, 6.07) is 11.9. The van der Waals surface area contributed by atoms with Crippen LogP contribution in [0.3, 0.4) is 0 Å². The van der Waals surface area contributed by atoms with Gasteiger partial charge < -0.3 is 4.90 Å². The van der Waals surface area contributed by atoms with E-state index in [-0.39, 0.29) is 5.91 Å². The molecule has 1 amide bonds. The molecule has 1 aromatic carbocycles. The van der Waals surface area contributed by atoms with Crippen LogP contribution >= 0.6 is 0 Å². The molecule has 0 saturated carbocycles. The standard InChI is InChI=1S/C18H20N2O/c1-14-4-6-17(7-5-14)18(21)20-10-8-16(13-20)11-15-3-2-9-19-12-15/h2-7,9,12,16H,8,10-11,13H2,1H3. The Morgan fingerprint density at radius 1 is 1.29 bits per heavy atom. The van der Waals surface area contributed by atoms with E-state index in [1.165, 1.54) is 11.1 Å². The van der Waals surface area contributed by atoms with Gasteiger partial charge in [0.25, 0.3) is 5.91 Å². The number of carbonyl (C=O) groups excluding carboxylic acids is 1. The lowest BCUT2D eigenvalue weighted by Crippen LogP contribution is -2.28. The van der Waals surface area contributed by atoms with Crippen molar-refractivity contribution in [2.45, 2.75) is 19.8 Å². The summed E-state index contributed by atoms with van der Waals surface area (Å²) in [6.45, 7) is 3.74. The molecule has 0 spiro atoms. The number of aromatic nitrogens is 1. The minimum atomic E-state index is 0.156. The molecule has 1 fully saturated rings. The molecule has 21 heavy (non-hydrogen) atoms. The minimum Gasteiger partial charge on any atom is -0.338 e. The third-order valence-corrected chi connectivity index (χ3v) is 4.12. The van der Waals surface area contributed by atoms with Crippen molar-refractivity contribution in [1.29, 1.82) is 0 Å². The molecule has 1 saturated heterocycles. The maximum absolute atomic E-state index is 12.5. The Kier molecular flexibility index (Phi) is 4.00. The molecule has 2 aromatic rings. The largest absolute Gasteiger partial charge is 0.338 e. The fraction of sp³-hybridized carbons (Fsp3) is 0.333. The summed E-state index contributed by atoms with van der Waals surface area (Å²) in [5.74, 6) is 0.701. The Morgan fingerprint density at radius 3 is 2.81 bits per heavy atom. The second-order valence-electron chi connectivity index (χ2n) is 5.84. The zero-order chi connectivity index (χ0) is 14.7. The second kappa shape index (κ2) is 6.08. The lowest BCUT2D eigenvalue weighted by Gasteiger charge is -2.16. The number of benzene rings is 1. The van der Waals surface area contributed by atoms with Crippen LogP contribution in [-0.4, -0.2) is 28.9 Å². The van der Waals surface area contributed by atoms with Gasteiger partial charge in [-0.3, -0.25) is 9.78 Å². The van der Waals surface area contributed by atoms with E-state index in [2.05, 4.69) is 11.1 Å². The van der Waals surface area contributed by atoms with E-state index in [0.29, 0.717) is 5.92 Å². The van der Waals surface area contributed by atoms with Crippen molar-refractivity contribution in [3.8, 4) is 0 Å². The average molecular weight is 280 g/mol. The summed E-state index contributed by atoms with van der Waals surface area (Å²) in [5.41, 5.74) is 3.23. The van der Waals surface area contributed by atoms with Gasteiger partial charge in [-0.2, -0.15) is 0 Å². The summed E-state index contributed by atoms with van der Waals surface area (Å²) < 4.78 is 0. The number of aryl methyl sites for hydroxylation is 1. The summed E-state index contributed by atoms with van der Waals surface area (Å²) in [7, 11) is 0. The van der Waals surface area contributed by atoms with E-state index >= 15 is 0 Å². The van der Waals surface area contributed by atoms with E-state index in [1.807, 2.05) is 48.4 Å². The van der Waals surface area contributed by atoms with Crippen molar-refractivity contribution in [3.63, 3.8) is 0 Å². The maximum Gasteiger partial charge on any atom is 0.253 e. The Balaban J connectivity index is 1.61. The first-order chi connectivity index (χ1) is 10.2. The molecule has 108 valence electrons. The molecule has 1 atom stereocenters. The van der Waals surface area contributed by atoms with Crippen molar-refractivity contribution in [1.82, 2.24) is 9.88 Å². The monoisotopic (exact) mass is 280 g/mol. The molecule has 0 aliphatic carbocycles. The number of hydrogen-bond donors (Lipinski definition) is 0. The Hall–Kier alpha value is -2.16. The van der Waals surface area contributed by atoms with Crippen LogP contribution < -0.4 is 0 Å². The van der Waals surface area contributed by atoms with Crippen molar-refractivity contribution in [3.05, 3.63) is 65.5 Å². The molecule has 0 radical (unpaired) electrons. The Labute approximate surface area is 125 Å². The molecule has 0 bridgehead atoms. The lowest BCUT2D eigenvalue weighted by atomic mass is 10.00. The van der Waals surface area contributed by atoms with E-state index < -0.39 is 0 Å². The van der Waals surface area contributed by atoms with Crippen LogP contribution in [0, 0.1) is 12.8 Å². The van der Waals surface area contributed by atoms with Crippen LogP contribution in [0.5, 0.6) is 0 Å². The van der Waals surface area contributed by atoms with Crippen LogP contribution in [0.25, 0.3) is 0 Å². The molecule has 0 N–H and O–H groups in total. The highest BCUT2D eigenvalue weighted by Gasteiger charge is 2.26. The number of carbonyl (C=O) groups is 1. The molecule has 2 heterocycles. The maximum atomic E-state index is 12.5. The van der Waals surface area contributed by atoms with Crippen LogP contribution in [-0.2, 0) is 6.42 Å². The normalized spacial score (nSPS) is 18.0. The Bertz CT molecular complexity index is 607. The number of likely N-dealkylation sites (tertiary alicyclic amines) is 1. The van der Waals surface area contributed by atoms with Gasteiger partial charge in [-0.25, -0.2) is 0 Å². The Morgan fingerprint density at radius 2 is 2.10 bits per heavy atom. The highest BCUT2D eigenvalue weighted by Crippen LogP contribution is 2.22. The van der Waals surface area contributed by atoms with Gasteiger partial charge in [0.05, 0.1) is 0 Å². The molecule has 1 unspecified atom stereocenters. The van der Waals surface area contributed by atoms with E-state index in [1.54, 1.807) is 6.20 Å². The third kappa shape index (κ3) is 3.30. The van der Waals surface area contributed by atoms with E-state index in [9.17, 15) is 4.79 Å². The molecule has 3 nitrogen and oxygen atoms in total. The fourth-order valence-corrected chi connectivity index (χ4v) is 2.91.